The molecule has 0 aromatic heterocycles. The van der Waals surface area contributed by atoms with E-state index in [1.807, 2.05) is 0 Å². The number of hydrogen-bond acceptors (Lipinski definition) is 3. The number of halogens is 3. The van der Waals surface area contributed by atoms with Crippen molar-refractivity contribution < 1.29 is 31.5 Å². The molecule has 1 aliphatic rings. The number of hydrogen-bond donors (Lipinski definition) is 1. The van der Waals surface area contributed by atoms with Crippen LogP contribution >= 0.6 is 0 Å². The zero-order valence-corrected chi connectivity index (χ0v) is 13.1. The van der Waals surface area contributed by atoms with Gasteiger partial charge in [-0.25, -0.2) is 12.7 Å². The van der Waals surface area contributed by atoms with Crippen LogP contribution in [0.2, 0.25) is 0 Å². The van der Waals surface area contributed by atoms with Crippen molar-refractivity contribution in [1.82, 2.24) is 4.31 Å². The summed E-state index contributed by atoms with van der Waals surface area (Å²) in [5.41, 5.74) is -0.894. The lowest BCUT2D eigenvalue weighted by Crippen LogP contribution is -2.31. The molecule has 5 nitrogen and oxygen atoms in total. The first kappa shape index (κ1) is 17.7. The van der Waals surface area contributed by atoms with E-state index in [-0.39, 0.29) is 24.6 Å². The minimum atomic E-state index is -4.55. The molecule has 1 aromatic carbocycles. The third kappa shape index (κ3) is 4.03. The molecule has 23 heavy (non-hydrogen) atoms. The van der Waals surface area contributed by atoms with Crippen LogP contribution in [0.15, 0.2) is 24.3 Å². The molecular weight excluding hydrogens is 335 g/mol. The normalized spacial score (nSPS) is 23.1. The second-order valence-corrected chi connectivity index (χ2v) is 7.66. The van der Waals surface area contributed by atoms with Gasteiger partial charge in [0.2, 0.25) is 10.0 Å². The molecule has 1 aliphatic heterocycles. The lowest BCUT2D eigenvalue weighted by molar-refractivity contribution is -0.142. The molecule has 1 aromatic rings. The summed E-state index contributed by atoms with van der Waals surface area (Å²) in [5.74, 6) is -2.81. The molecule has 2 rings (SSSR count). The topological polar surface area (TPSA) is 74.7 Å². The summed E-state index contributed by atoms with van der Waals surface area (Å²) < 4.78 is 63.7. The minimum Gasteiger partial charge on any atom is -0.481 e. The predicted octanol–water partition coefficient (Wildman–Crippen LogP) is 2.19. The summed E-state index contributed by atoms with van der Waals surface area (Å²) in [4.78, 5) is 11.1. The Bertz CT molecular complexity index is 702. The molecule has 1 N–H and O–H groups in total. The Morgan fingerprint density at radius 3 is 2.52 bits per heavy atom. The average molecular weight is 351 g/mol. The number of alkyl halides is 3. The van der Waals surface area contributed by atoms with Gasteiger partial charge in [0.15, 0.2) is 0 Å². The Hall–Kier alpha value is -1.61. The van der Waals surface area contributed by atoms with E-state index < -0.39 is 39.4 Å². The van der Waals surface area contributed by atoms with Crippen molar-refractivity contribution in [3.8, 4) is 0 Å². The van der Waals surface area contributed by atoms with Crippen LogP contribution in [0.25, 0.3) is 0 Å². The van der Waals surface area contributed by atoms with Gasteiger partial charge >= 0.3 is 12.1 Å². The molecule has 0 bridgehead atoms. The molecule has 0 spiro atoms. The molecule has 128 valence electrons. The number of rotatable bonds is 4. The summed E-state index contributed by atoms with van der Waals surface area (Å²) in [7, 11) is -3.87. The summed E-state index contributed by atoms with van der Waals surface area (Å²) in [6, 6.07) is 4.13. The van der Waals surface area contributed by atoms with E-state index in [0.29, 0.717) is 0 Å². The van der Waals surface area contributed by atoms with Crippen molar-refractivity contribution in [3.63, 3.8) is 0 Å². The smallest absolute Gasteiger partial charge is 0.416 e. The molecule has 0 saturated carbocycles. The van der Waals surface area contributed by atoms with Gasteiger partial charge < -0.3 is 5.11 Å². The Labute approximate surface area is 131 Å². The third-order valence-electron chi connectivity index (χ3n) is 3.89. The fourth-order valence-electron chi connectivity index (χ4n) is 2.61. The van der Waals surface area contributed by atoms with Crippen LogP contribution in [0, 0.1) is 11.8 Å². The minimum absolute atomic E-state index is 0.0197. The van der Waals surface area contributed by atoms with E-state index in [9.17, 15) is 26.4 Å². The van der Waals surface area contributed by atoms with Crippen LogP contribution in [-0.2, 0) is 26.7 Å². The van der Waals surface area contributed by atoms with Gasteiger partial charge in [-0.1, -0.05) is 25.1 Å². The molecule has 2 atom stereocenters. The van der Waals surface area contributed by atoms with Gasteiger partial charge in [0.25, 0.3) is 0 Å². The van der Waals surface area contributed by atoms with Crippen molar-refractivity contribution >= 4 is 16.0 Å². The number of aliphatic carboxylic acids is 1. The highest BCUT2D eigenvalue weighted by Gasteiger charge is 2.40. The van der Waals surface area contributed by atoms with E-state index in [2.05, 4.69) is 0 Å². The lowest BCUT2D eigenvalue weighted by Gasteiger charge is -2.16. The van der Waals surface area contributed by atoms with Crippen molar-refractivity contribution in [3.05, 3.63) is 35.4 Å². The fourth-order valence-corrected chi connectivity index (χ4v) is 4.24. The van der Waals surface area contributed by atoms with Crippen molar-refractivity contribution in [2.45, 2.75) is 18.9 Å². The van der Waals surface area contributed by atoms with Gasteiger partial charge in [-0.05, 0) is 17.5 Å². The summed E-state index contributed by atoms with van der Waals surface area (Å²) in [6.07, 6.45) is -4.55. The molecule has 0 unspecified atom stereocenters. The van der Waals surface area contributed by atoms with Crippen LogP contribution in [0.1, 0.15) is 18.1 Å². The number of carboxylic acids is 1. The number of carboxylic acid groups (broad SMARTS) is 1. The Kier molecular flexibility index (Phi) is 4.72. The van der Waals surface area contributed by atoms with Crippen LogP contribution in [0.5, 0.6) is 0 Å². The van der Waals surface area contributed by atoms with Gasteiger partial charge in [-0.15, -0.1) is 0 Å². The SMILES string of the molecule is C[C@@H]1CN(S(=O)(=O)Cc2cccc(C(F)(F)F)c2)C[C@H]1C(=O)O. The van der Waals surface area contributed by atoms with Crippen LogP contribution in [0.3, 0.4) is 0 Å². The zero-order chi connectivity index (χ0) is 17.4. The average Bonchev–Trinajstić information content (AvgIpc) is 2.80. The van der Waals surface area contributed by atoms with Gasteiger partial charge in [0.1, 0.15) is 0 Å². The maximum atomic E-state index is 12.7. The molecule has 0 aliphatic carbocycles. The quantitative estimate of drug-likeness (QED) is 0.902. The van der Waals surface area contributed by atoms with Gasteiger partial charge in [-0.2, -0.15) is 13.2 Å². The molecule has 0 radical (unpaired) electrons. The first-order chi connectivity index (χ1) is 10.5. The number of sulfonamides is 1. The molecule has 0 amide bonds. The maximum Gasteiger partial charge on any atom is 0.416 e. The highest BCUT2D eigenvalue weighted by Crippen LogP contribution is 2.31. The van der Waals surface area contributed by atoms with Gasteiger partial charge in [0.05, 0.1) is 17.2 Å². The zero-order valence-electron chi connectivity index (χ0n) is 12.2. The third-order valence-corrected chi connectivity index (χ3v) is 5.68. The van der Waals surface area contributed by atoms with Crippen molar-refractivity contribution in [1.29, 1.82) is 0 Å². The van der Waals surface area contributed by atoms with Crippen molar-refractivity contribution in [2.75, 3.05) is 13.1 Å². The van der Waals surface area contributed by atoms with E-state index in [4.69, 9.17) is 5.11 Å². The fraction of sp³-hybridized carbons (Fsp3) is 0.500. The Morgan fingerprint density at radius 1 is 1.35 bits per heavy atom. The molecule has 1 heterocycles. The van der Waals surface area contributed by atoms with E-state index in [0.717, 1.165) is 22.5 Å². The standard InChI is InChI=1S/C14H16F3NO4S/c1-9-6-18(7-12(9)13(19)20)23(21,22)8-10-3-2-4-11(5-10)14(15,16)17/h2-5,9,12H,6-8H2,1H3,(H,19,20)/t9-,12-/m1/s1. The van der Waals surface area contributed by atoms with Crippen LogP contribution in [-0.4, -0.2) is 36.9 Å². The number of nitrogens with zero attached hydrogens (tertiary/aromatic N) is 1. The lowest BCUT2D eigenvalue weighted by atomic mass is 9.99. The first-order valence-electron chi connectivity index (χ1n) is 6.87. The summed E-state index contributed by atoms with van der Waals surface area (Å²) in [6.45, 7) is 1.54. The maximum absolute atomic E-state index is 12.7. The first-order valence-corrected chi connectivity index (χ1v) is 8.48. The van der Waals surface area contributed by atoms with Crippen LogP contribution in [0.4, 0.5) is 13.2 Å². The predicted molar refractivity (Wildman–Crippen MR) is 75.9 cm³/mol. The van der Waals surface area contributed by atoms with Gasteiger partial charge in [0, 0.05) is 13.1 Å². The molecule has 1 fully saturated rings. The molecule has 1 saturated heterocycles. The second kappa shape index (κ2) is 6.12. The Balaban J connectivity index is 2.18. The monoisotopic (exact) mass is 351 g/mol. The van der Waals surface area contributed by atoms with E-state index >= 15 is 0 Å². The second-order valence-electron chi connectivity index (χ2n) is 5.69. The summed E-state index contributed by atoms with van der Waals surface area (Å²) in [5, 5.41) is 9.04. The summed E-state index contributed by atoms with van der Waals surface area (Å²) >= 11 is 0. The van der Waals surface area contributed by atoms with E-state index in [1.165, 1.54) is 6.07 Å². The number of carbonyl (C=O) groups is 1. The highest BCUT2D eigenvalue weighted by molar-refractivity contribution is 7.88. The van der Waals surface area contributed by atoms with Gasteiger partial charge in [-0.3, -0.25) is 4.79 Å². The highest BCUT2D eigenvalue weighted by atomic mass is 32.2. The molecule has 9 heteroatoms. The molecular formula is C14H16F3NO4S. The van der Waals surface area contributed by atoms with Crippen molar-refractivity contribution in [2.24, 2.45) is 11.8 Å². The Morgan fingerprint density at radius 2 is 2.00 bits per heavy atom. The number of benzene rings is 1. The van der Waals surface area contributed by atoms with Crippen LogP contribution < -0.4 is 0 Å². The van der Waals surface area contributed by atoms with E-state index in [1.54, 1.807) is 6.92 Å². The largest absolute Gasteiger partial charge is 0.481 e.